The maximum atomic E-state index is 10.4. The molecule has 7 heteroatoms. The molecule has 16 heavy (non-hydrogen) atoms. The van der Waals surface area contributed by atoms with Gasteiger partial charge in [-0.25, -0.2) is 0 Å². The van der Waals surface area contributed by atoms with Gasteiger partial charge in [-0.2, -0.15) is 0 Å². The fourth-order valence-electron chi connectivity index (χ4n) is 1.89. The smallest absolute Gasteiger partial charge is 0.547 e. The second-order valence-corrected chi connectivity index (χ2v) is 4.22. The summed E-state index contributed by atoms with van der Waals surface area (Å²) in [5.74, 6) is -2.26. The minimum absolute atomic E-state index is 0. The van der Waals surface area contributed by atoms with E-state index in [0.29, 0.717) is 6.42 Å². The molecule has 0 amide bonds. The minimum atomic E-state index is -1.63. The molecular weight excluding hydrogens is 227 g/mol. The number of aliphatic hydroxyl groups excluding tert-OH is 1. The third-order valence-electron chi connectivity index (χ3n) is 2.51. The number of hydrogen-bond acceptors (Lipinski definition) is 6. The molecule has 4 atom stereocenters. The van der Waals surface area contributed by atoms with Gasteiger partial charge in [-0.1, -0.05) is 0 Å². The summed E-state index contributed by atoms with van der Waals surface area (Å²) < 4.78 is 16.1. The van der Waals surface area contributed by atoms with Gasteiger partial charge in [-0.05, 0) is 13.8 Å². The van der Waals surface area contributed by atoms with Crippen LogP contribution in [-0.2, 0) is 19.0 Å². The van der Waals surface area contributed by atoms with Gasteiger partial charge in [0, 0.05) is 6.42 Å². The van der Waals surface area contributed by atoms with E-state index in [-0.39, 0.29) is 35.7 Å². The number of carbonyl (C=O) groups excluding carboxylic acids is 1. The van der Waals surface area contributed by atoms with Crippen LogP contribution in [0.5, 0.6) is 0 Å². The van der Waals surface area contributed by atoms with Crippen molar-refractivity contribution in [1.82, 2.24) is 0 Å². The number of aliphatic carboxylic acids is 1. The Kier molecular flexibility index (Phi) is 4.40. The summed E-state index contributed by atoms with van der Waals surface area (Å²) in [5.41, 5.74) is 0. The average Bonchev–Trinajstić information content (AvgIpc) is 2.55. The Morgan fingerprint density at radius 3 is 2.62 bits per heavy atom. The van der Waals surface area contributed by atoms with Crippen molar-refractivity contribution in [2.24, 2.45) is 0 Å². The van der Waals surface area contributed by atoms with Crippen LogP contribution in [0.2, 0.25) is 0 Å². The molecule has 0 spiro atoms. The van der Waals surface area contributed by atoms with Gasteiger partial charge in [0.05, 0.1) is 12.1 Å². The molecule has 0 aromatic rings. The van der Waals surface area contributed by atoms with Gasteiger partial charge in [0.15, 0.2) is 12.1 Å². The first-order valence-electron chi connectivity index (χ1n) is 4.79. The number of carboxylic acid groups (broad SMARTS) is 1. The molecule has 6 nitrogen and oxygen atoms in total. The van der Waals surface area contributed by atoms with E-state index >= 15 is 0 Å². The van der Waals surface area contributed by atoms with Crippen molar-refractivity contribution < 1.29 is 58.8 Å². The molecule has 86 valence electrons. The van der Waals surface area contributed by atoms with Gasteiger partial charge in [-0.15, -0.1) is 0 Å². The third kappa shape index (κ3) is 2.76. The van der Waals surface area contributed by atoms with Crippen molar-refractivity contribution in [2.75, 3.05) is 0 Å². The number of carboxylic acids is 1. The van der Waals surface area contributed by atoms with Crippen molar-refractivity contribution >= 4 is 5.97 Å². The molecule has 1 N–H and O–H groups in total. The summed E-state index contributed by atoms with van der Waals surface area (Å²) in [6.07, 6.45) is -3.08. The Labute approximate surface area is 115 Å². The zero-order chi connectivity index (χ0) is 11.2. The summed E-state index contributed by atoms with van der Waals surface area (Å²) in [6, 6.07) is 0. The Morgan fingerprint density at radius 1 is 1.50 bits per heavy atom. The van der Waals surface area contributed by atoms with Gasteiger partial charge in [0.1, 0.15) is 12.2 Å². The van der Waals surface area contributed by atoms with Crippen LogP contribution in [-0.4, -0.2) is 41.5 Å². The van der Waals surface area contributed by atoms with E-state index in [1.165, 1.54) is 0 Å². The SMILES string of the molecule is CC1(C)OC2C[C@@H]([C@H](O)C(=O)[O-])O[C@@H]2O1.[Na+]. The van der Waals surface area contributed by atoms with Gasteiger partial charge < -0.3 is 29.2 Å². The average molecular weight is 240 g/mol. The number of fused-ring (bicyclic) bond motifs is 1. The van der Waals surface area contributed by atoms with E-state index in [1.54, 1.807) is 13.8 Å². The Balaban J connectivity index is 0.00000128. The number of hydrogen-bond donors (Lipinski definition) is 1. The second kappa shape index (κ2) is 4.89. The molecule has 0 saturated carbocycles. The second-order valence-electron chi connectivity index (χ2n) is 4.22. The summed E-state index contributed by atoms with van der Waals surface area (Å²) >= 11 is 0. The van der Waals surface area contributed by atoms with Gasteiger partial charge in [0.25, 0.3) is 0 Å². The van der Waals surface area contributed by atoms with E-state index in [0.717, 1.165) is 0 Å². The van der Waals surface area contributed by atoms with Crippen LogP contribution in [0.25, 0.3) is 0 Å². The van der Waals surface area contributed by atoms with E-state index in [1.807, 2.05) is 0 Å². The number of rotatable bonds is 2. The van der Waals surface area contributed by atoms with Crippen LogP contribution in [0, 0.1) is 0 Å². The fraction of sp³-hybridized carbons (Fsp3) is 0.889. The molecule has 1 unspecified atom stereocenters. The normalized spacial score (nSPS) is 37.6. The summed E-state index contributed by atoms with van der Waals surface area (Å²) in [4.78, 5) is 10.4. The molecule has 0 aromatic carbocycles. The number of carbonyl (C=O) groups is 1. The molecule has 0 radical (unpaired) electrons. The van der Waals surface area contributed by atoms with Crippen LogP contribution in [0.3, 0.4) is 0 Å². The van der Waals surface area contributed by atoms with Crippen molar-refractivity contribution in [1.29, 1.82) is 0 Å². The van der Waals surface area contributed by atoms with Crippen molar-refractivity contribution in [3.8, 4) is 0 Å². The number of ether oxygens (including phenoxy) is 3. The quantitative estimate of drug-likeness (QED) is 0.488. The zero-order valence-electron chi connectivity index (χ0n) is 9.50. The monoisotopic (exact) mass is 240 g/mol. The van der Waals surface area contributed by atoms with Crippen LogP contribution in [0.15, 0.2) is 0 Å². The first-order chi connectivity index (χ1) is 6.89. The summed E-state index contributed by atoms with van der Waals surface area (Å²) in [6.45, 7) is 3.50. The molecule has 0 aromatic heterocycles. The topological polar surface area (TPSA) is 88.1 Å². The summed E-state index contributed by atoms with van der Waals surface area (Å²) in [7, 11) is 0. The summed E-state index contributed by atoms with van der Waals surface area (Å²) in [5, 5.41) is 19.6. The fourth-order valence-corrected chi connectivity index (χ4v) is 1.89. The maximum absolute atomic E-state index is 10.4. The predicted molar refractivity (Wildman–Crippen MR) is 44.3 cm³/mol. The molecular formula is C9H13NaO6. The van der Waals surface area contributed by atoms with E-state index < -0.39 is 30.3 Å². The first kappa shape index (κ1) is 14.4. The molecule has 2 aliphatic heterocycles. The van der Waals surface area contributed by atoms with Crippen molar-refractivity contribution in [3.63, 3.8) is 0 Å². The predicted octanol–water partition coefficient (Wildman–Crippen LogP) is -4.63. The van der Waals surface area contributed by atoms with E-state index in [2.05, 4.69) is 0 Å². The van der Waals surface area contributed by atoms with Crippen molar-refractivity contribution in [2.45, 2.75) is 50.7 Å². The zero-order valence-corrected chi connectivity index (χ0v) is 11.5. The molecule has 0 aliphatic carbocycles. The van der Waals surface area contributed by atoms with Gasteiger partial charge >= 0.3 is 29.6 Å². The van der Waals surface area contributed by atoms with Crippen LogP contribution < -0.4 is 34.7 Å². The largest absolute Gasteiger partial charge is 1.00 e. The Hall–Kier alpha value is 0.310. The number of aliphatic hydroxyl groups is 1. The van der Waals surface area contributed by atoms with Gasteiger partial charge in [-0.3, -0.25) is 0 Å². The van der Waals surface area contributed by atoms with E-state index in [9.17, 15) is 15.0 Å². The Morgan fingerprint density at radius 2 is 2.12 bits per heavy atom. The van der Waals surface area contributed by atoms with Crippen LogP contribution in [0.1, 0.15) is 20.3 Å². The van der Waals surface area contributed by atoms with E-state index in [4.69, 9.17) is 14.2 Å². The van der Waals surface area contributed by atoms with Crippen LogP contribution >= 0.6 is 0 Å². The molecule has 0 bridgehead atoms. The minimum Gasteiger partial charge on any atom is -0.547 e. The van der Waals surface area contributed by atoms with Gasteiger partial charge in [0.2, 0.25) is 0 Å². The molecule has 2 fully saturated rings. The molecule has 2 aliphatic rings. The standard InChI is InChI=1S/C9H14O6.Na/c1-9(2)14-5-3-4(6(10)7(11)12)13-8(5)15-9;/h4-6,8,10H,3H2,1-2H3,(H,11,12);/q;+1/p-1/t4-,5?,6-,8+;/m0./s1. The molecule has 2 saturated heterocycles. The first-order valence-corrected chi connectivity index (χ1v) is 4.79. The third-order valence-corrected chi connectivity index (χ3v) is 2.51. The van der Waals surface area contributed by atoms with Crippen LogP contribution in [0.4, 0.5) is 0 Å². The Bertz CT molecular complexity index is 265. The molecule has 2 heterocycles. The van der Waals surface area contributed by atoms with Crippen molar-refractivity contribution in [3.05, 3.63) is 0 Å². The maximum Gasteiger partial charge on any atom is 1.00 e. The molecule has 2 rings (SSSR count).